The lowest BCUT2D eigenvalue weighted by atomic mass is 10.1. The van der Waals surface area contributed by atoms with Gasteiger partial charge in [0, 0.05) is 49.9 Å². The number of aryl methyl sites for hydroxylation is 1. The molecule has 4 rings (SSSR count). The van der Waals surface area contributed by atoms with Crippen molar-refractivity contribution < 1.29 is 18.8 Å². The lowest BCUT2D eigenvalue weighted by Gasteiger charge is -2.35. The van der Waals surface area contributed by atoms with Crippen LogP contribution in [0.1, 0.15) is 22.5 Å². The first kappa shape index (κ1) is 19.5. The number of piperazine rings is 1. The highest BCUT2D eigenvalue weighted by molar-refractivity contribution is 6.31. The Balaban J connectivity index is 1.36. The van der Waals surface area contributed by atoms with E-state index in [1.54, 1.807) is 32.9 Å². The summed E-state index contributed by atoms with van der Waals surface area (Å²) in [5.74, 6) is -0.354. The van der Waals surface area contributed by atoms with Crippen LogP contribution in [0.4, 0.5) is 5.69 Å². The van der Waals surface area contributed by atoms with Crippen molar-refractivity contribution in [2.24, 2.45) is 5.92 Å². The van der Waals surface area contributed by atoms with E-state index in [2.05, 4.69) is 0 Å². The van der Waals surface area contributed by atoms with Gasteiger partial charge in [0.25, 0.3) is 5.91 Å². The van der Waals surface area contributed by atoms with E-state index in [4.69, 9.17) is 16.0 Å². The van der Waals surface area contributed by atoms with Crippen molar-refractivity contribution in [3.8, 4) is 0 Å². The zero-order valence-corrected chi connectivity index (χ0v) is 16.9. The zero-order valence-electron chi connectivity index (χ0n) is 16.1. The Labute approximate surface area is 173 Å². The number of furan rings is 1. The first-order chi connectivity index (χ1) is 13.9. The fourth-order valence-corrected chi connectivity index (χ4v) is 3.99. The third-order valence-corrected chi connectivity index (χ3v) is 5.96. The van der Waals surface area contributed by atoms with Crippen molar-refractivity contribution >= 4 is 35.0 Å². The molecule has 1 aromatic heterocycles. The standard InChI is InChI=1S/C21H22ClN3O4/c1-14-4-5-16(12-17(14)22)25-13-15(11-19(25)26)20(27)23-6-8-24(9-7-23)21(28)18-3-2-10-29-18/h2-5,10,12,15H,6-9,11,13H2,1H3. The van der Waals surface area contributed by atoms with Gasteiger partial charge in [0.15, 0.2) is 5.76 Å². The van der Waals surface area contributed by atoms with Gasteiger partial charge in [0.2, 0.25) is 11.8 Å². The van der Waals surface area contributed by atoms with Gasteiger partial charge in [0.1, 0.15) is 0 Å². The molecule has 0 bridgehead atoms. The molecule has 1 atom stereocenters. The number of carbonyl (C=O) groups is 3. The molecule has 8 heteroatoms. The molecule has 0 aliphatic carbocycles. The van der Waals surface area contributed by atoms with Crippen LogP contribution in [0.15, 0.2) is 41.0 Å². The van der Waals surface area contributed by atoms with Crippen LogP contribution in [0.3, 0.4) is 0 Å². The van der Waals surface area contributed by atoms with Crippen LogP contribution in [0, 0.1) is 12.8 Å². The first-order valence-electron chi connectivity index (χ1n) is 9.62. The fourth-order valence-electron chi connectivity index (χ4n) is 3.82. The normalized spacial score (nSPS) is 19.7. The lowest BCUT2D eigenvalue weighted by molar-refractivity contribution is -0.137. The van der Waals surface area contributed by atoms with Gasteiger partial charge >= 0.3 is 0 Å². The second-order valence-corrected chi connectivity index (χ2v) is 7.84. The Hall–Kier alpha value is -2.80. The molecule has 2 aromatic rings. The first-order valence-corrected chi connectivity index (χ1v) is 10.00. The molecule has 0 spiro atoms. The van der Waals surface area contributed by atoms with E-state index in [0.29, 0.717) is 43.5 Å². The molecular weight excluding hydrogens is 394 g/mol. The van der Waals surface area contributed by atoms with Crippen molar-refractivity contribution in [2.75, 3.05) is 37.6 Å². The summed E-state index contributed by atoms with van der Waals surface area (Å²) in [5, 5.41) is 0.599. The van der Waals surface area contributed by atoms with Gasteiger partial charge in [-0.15, -0.1) is 0 Å². The second-order valence-electron chi connectivity index (χ2n) is 7.43. The van der Waals surface area contributed by atoms with E-state index in [9.17, 15) is 14.4 Å². The molecule has 2 aliphatic heterocycles. The van der Waals surface area contributed by atoms with E-state index in [-0.39, 0.29) is 30.1 Å². The molecular formula is C21H22ClN3O4. The summed E-state index contributed by atoms with van der Waals surface area (Å²) < 4.78 is 5.16. The molecule has 29 heavy (non-hydrogen) atoms. The van der Waals surface area contributed by atoms with E-state index in [1.165, 1.54) is 6.26 Å². The third kappa shape index (κ3) is 3.87. The van der Waals surface area contributed by atoms with Crippen molar-refractivity contribution in [3.05, 3.63) is 52.9 Å². The maximum Gasteiger partial charge on any atom is 0.289 e. The van der Waals surface area contributed by atoms with Crippen molar-refractivity contribution in [3.63, 3.8) is 0 Å². The van der Waals surface area contributed by atoms with E-state index >= 15 is 0 Å². The van der Waals surface area contributed by atoms with Gasteiger partial charge in [-0.25, -0.2) is 0 Å². The number of rotatable bonds is 3. The molecule has 0 radical (unpaired) electrons. The van der Waals surface area contributed by atoms with Crippen LogP contribution in [-0.2, 0) is 9.59 Å². The molecule has 152 valence electrons. The highest BCUT2D eigenvalue weighted by Gasteiger charge is 2.38. The predicted octanol–water partition coefficient (Wildman–Crippen LogP) is 2.58. The molecule has 3 heterocycles. The van der Waals surface area contributed by atoms with Gasteiger partial charge in [0.05, 0.1) is 12.2 Å². The SMILES string of the molecule is Cc1ccc(N2CC(C(=O)N3CCN(C(=O)c4ccco4)CC3)CC2=O)cc1Cl. The van der Waals surface area contributed by atoms with Crippen molar-refractivity contribution in [1.82, 2.24) is 9.80 Å². The minimum atomic E-state index is -0.380. The fraction of sp³-hybridized carbons (Fsp3) is 0.381. The van der Waals surface area contributed by atoms with Gasteiger partial charge in [-0.1, -0.05) is 17.7 Å². The smallest absolute Gasteiger partial charge is 0.289 e. The summed E-state index contributed by atoms with van der Waals surface area (Å²) in [4.78, 5) is 42.9. The average Bonchev–Trinajstić information content (AvgIpc) is 3.39. The monoisotopic (exact) mass is 415 g/mol. The van der Waals surface area contributed by atoms with Crippen molar-refractivity contribution in [2.45, 2.75) is 13.3 Å². The number of anilines is 1. The topological polar surface area (TPSA) is 74.1 Å². The van der Waals surface area contributed by atoms with Gasteiger partial charge in [-0.2, -0.15) is 0 Å². The summed E-state index contributed by atoms with van der Waals surface area (Å²) in [7, 11) is 0. The molecule has 7 nitrogen and oxygen atoms in total. The summed E-state index contributed by atoms with van der Waals surface area (Å²) in [6.45, 7) is 4.05. The predicted molar refractivity (Wildman–Crippen MR) is 108 cm³/mol. The van der Waals surface area contributed by atoms with Crippen LogP contribution >= 0.6 is 11.6 Å². The number of hydrogen-bond donors (Lipinski definition) is 0. The number of carbonyl (C=O) groups excluding carboxylic acids is 3. The van der Waals surface area contributed by atoms with Crippen LogP contribution in [0.2, 0.25) is 5.02 Å². The van der Waals surface area contributed by atoms with E-state index in [1.807, 2.05) is 19.1 Å². The molecule has 1 aromatic carbocycles. The van der Waals surface area contributed by atoms with Crippen molar-refractivity contribution in [1.29, 1.82) is 0 Å². The minimum absolute atomic E-state index is 0.0378. The summed E-state index contributed by atoms with van der Waals surface area (Å²) in [6.07, 6.45) is 1.66. The molecule has 0 saturated carbocycles. The Morgan fingerprint density at radius 2 is 1.83 bits per heavy atom. The number of amides is 3. The van der Waals surface area contributed by atoms with Gasteiger partial charge in [-0.05, 0) is 36.8 Å². The number of nitrogens with zero attached hydrogens (tertiary/aromatic N) is 3. The molecule has 2 saturated heterocycles. The Bertz CT molecular complexity index is 935. The van der Waals surface area contributed by atoms with Crippen LogP contribution in [0.25, 0.3) is 0 Å². The number of hydrogen-bond acceptors (Lipinski definition) is 4. The van der Waals surface area contributed by atoms with Crippen LogP contribution in [-0.4, -0.2) is 60.2 Å². The summed E-state index contributed by atoms with van der Waals surface area (Å²) in [5.41, 5.74) is 1.66. The largest absolute Gasteiger partial charge is 0.459 e. The molecule has 1 unspecified atom stereocenters. The Kier molecular flexibility index (Phi) is 5.32. The van der Waals surface area contributed by atoms with Crippen LogP contribution in [0.5, 0.6) is 0 Å². The van der Waals surface area contributed by atoms with Gasteiger partial charge in [-0.3, -0.25) is 14.4 Å². The number of benzene rings is 1. The summed E-state index contributed by atoms with van der Waals surface area (Å²) >= 11 is 6.18. The molecule has 3 amide bonds. The minimum Gasteiger partial charge on any atom is -0.459 e. The van der Waals surface area contributed by atoms with E-state index < -0.39 is 0 Å². The molecule has 2 fully saturated rings. The third-order valence-electron chi connectivity index (χ3n) is 5.55. The Morgan fingerprint density at radius 1 is 1.10 bits per heavy atom. The average molecular weight is 416 g/mol. The second kappa shape index (κ2) is 7.91. The number of halogens is 1. The highest BCUT2D eigenvalue weighted by Crippen LogP contribution is 2.29. The molecule has 2 aliphatic rings. The highest BCUT2D eigenvalue weighted by atomic mass is 35.5. The van der Waals surface area contributed by atoms with Gasteiger partial charge < -0.3 is 19.1 Å². The quantitative estimate of drug-likeness (QED) is 0.772. The summed E-state index contributed by atoms with van der Waals surface area (Å²) in [6, 6.07) is 8.80. The maximum atomic E-state index is 12.9. The molecule has 0 N–H and O–H groups in total. The zero-order chi connectivity index (χ0) is 20.5. The maximum absolute atomic E-state index is 12.9. The van der Waals surface area contributed by atoms with E-state index in [0.717, 1.165) is 11.3 Å². The van der Waals surface area contributed by atoms with Crippen LogP contribution < -0.4 is 4.90 Å². The Morgan fingerprint density at radius 3 is 2.48 bits per heavy atom. The lowest BCUT2D eigenvalue weighted by Crippen LogP contribution is -2.52.